The predicted octanol–water partition coefficient (Wildman–Crippen LogP) is 4.56. The molecule has 4 rings (SSSR count). The number of nitrogens with zero attached hydrogens (tertiary/aromatic N) is 1. The third-order valence-electron chi connectivity index (χ3n) is 4.90. The van der Waals surface area contributed by atoms with Gasteiger partial charge in [-0.05, 0) is 36.6 Å². The average molecular weight is 306 g/mol. The van der Waals surface area contributed by atoms with Gasteiger partial charge in [-0.3, -0.25) is 0 Å². The van der Waals surface area contributed by atoms with E-state index in [-0.39, 0.29) is 0 Å². The zero-order chi connectivity index (χ0) is 15.6. The Morgan fingerprint density at radius 3 is 2.96 bits per heavy atom. The van der Waals surface area contributed by atoms with Crippen molar-refractivity contribution < 1.29 is 4.74 Å². The van der Waals surface area contributed by atoms with Crippen LogP contribution in [0.2, 0.25) is 0 Å². The van der Waals surface area contributed by atoms with E-state index in [4.69, 9.17) is 4.74 Å². The van der Waals surface area contributed by atoms with Crippen molar-refractivity contribution in [3.05, 3.63) is 60.3 Å². The lowest BCUT2D eigenvalue weighted by atomic mass is 9.90. The number of nitrogens with one attached hydrogen (secondary N) is 1. The fourth-order valence-electron chi connectivity index (χ4n) is 3.70. The van der Waals surface area contributed by atoms with Gasteiger partial charge in [0.2, 0.25) is 0 Å². The first kappa shape index (κ1) is 14.2. The normalized spacial score (nSPS) is 18.3. The molecular weight excluding hydrogens is 284 g/mol. The van der Waals surface area contributed by atoms with Crippen molar-refractivity contribution in [2.24, 2.45) is 0 Å². The largest absolute Gasteiger partial charge is 0.497 e. The Hall–Kier alpha value is -2.42. The molecule has 0 amide bonds. The summed E-state index contributed by atoms with van der Waals surface area (Å²) in [6, 6.07) is 17.0. The molecule has 118 valence electrons. The molecule has 1 aliphatic heterocycles. The zero-order valence-electron chi connectivity index (χ0n) is 13.5. The molecule has 1 aliphatic rings. The van der Waals surface area contributed by atoms with Gasteiger partial charge in [0.1, 0.15) is 5.75 Å². The molecule has 0 spiro atoms. The molecule has 0 radical (unpaired) electrons. The molecule has 1 N–H and O–H groups in total. The molecule has 1 unspecified atom stereocenters. The molecule has 0 aliphatic carbocycles. The summed E-state index contributed by atoms with van der Waals surface area (Å²) in [7, 11) is 1.73. The van der Waals surface area contributed by atoms with Gasteiger partial charge in [0, 0.05) is 47.9 Å². The first-order valence-corrected chi connectivity index (χ1v) is 8.30. The van der Waals surface area contributed by atoms with Crippen molar-refractivity contribution in [3.63, 3.8) is 0 Å². The van der Waals surface area contributed by atoms with Gasteiger partial charge < -0.3 is 14.6 Å². The fraction of sp³-hybridized carbons (Fsp3) is 0.300. The lowest BCUT2D eigenvalue weighted by Crippen LogP contribution is -2.34. The van der Waals surface area contributed by atoms with Crippen molar-refractivity contribution in [1.82, 2.24) is 4.98 Å². The van der Waals surface area contributed by atoms with Gasteiger partial charge in [0.15, 0.2) is 0 Å². The number of H-pyrrole nitrogens is 1. The van der Waals surface area contributed by atoms with E-state index in [9.17, 15) is 0 Å². The summed E-state index contributed by atoms with van der Waals surface area (Å²) < 4.78 is 5.37. The van der Waals surface area contributed by atoms with Gasteiger partial charge in [-0.15, -0.1) is 0 Å². The SMILES string of the molecule is COc1cccc(N2CCCC(c3c[nH]c4ccccc34)C2)c1. The summed E-state index contributed by atoms with van der Waals surface area (Å²) in [5.74, 6) is 1.50. The van der Waals surface area contributed by atoms with E-state index in [1.807, 2.05) is 6.07 Å². The molecule has 23 heavy (non-hydrogen) atoms. The highest BCUT2D eigenvalue weighted by atomic mass is 16.5. The Morgan fingerprint density at radius 1 is 1.13 bits per heavy atom. The summed E-state index contributed by atoms with van der Waals surface area (Å²) in [4.78, 5) is 5.90. The number of benzene rings is 2. The maximum Gasteiger partial charge on any atom is 0.120 e. The van der Waals surface area contributed by atoms with E-state index < -0.39 is 0 Å². The number of piperidine rings is 1. The standard InChI is InChI=1S/C20H22N2O/c1-23-17-8-4-7-16(12-17)22-11-5-6-15(14-22)19-13-21-20-10-3-2-9-18(19)20/h2-4,7-10,12-13,15,21H,5-6,11,14H2,1H3. The number of methoxy groups -OCH3 is 1. The lowest BCUT2D eigenvalue weighted by Gasteiger charge is -2.34. The van der Waals surface area contributed by atoms with Crippen molar-refractivity contribution in [1.29, 1.82) is 0 Å². The molecule has 1 aromatic heterocycles. The van der Waals surface area contributed by atoms with Crippen LogP contribution in [-0.2, 0) is 0 Å². The smallest absolute Gasteiger partial charge is 0.120 e. The van der Waals surface area contributed by atoms with Crippen molar-refractivity contribution in [2.75, 3.05) is 25.1 Å². The Kier molecular flexibility index (Phi) is 3.70. The van der Waals surface area contributed by atoms with Crippen molar-refractivity contribution in [3.8, 4) is 5.75 Å². The first-order chi connectivity index (χ1) is 11.3. The van der Waals surface area contributed by atoms with Crippen LogP contribution in [-0.4, -0.2) is 25.2 Å². The molecule has 2 heterocycles. The van der Waals surface area contributed by atoms with E-state index in [2.05, 4.69) is 58.5 Å². The predicted molar refractivity (Wildman–Crippen MR) is 95.5 cm³/mol. The summed E-state index contributed by atoms with van der Waals surface area (Å²) >= 11 is 0. The van der Waals surface area contributed by atoms with Gasteiger partial charge in [0.05, 0.1) is 7.11 Å². The number of rotatable bonds is 3. The number of aromatic nitrogens is 1. The molecule has 1 fully saturated rings. The second kappa shape index (κ2) is 5.99. The molecular formula is C20H22N2O. The van der Waals surface area contributed by atoms with Crippen LogP contribution in [0.5, 0.6) is 5.75 Å². The zero-order valence-corrected chi connectivity index (χ0v) is 13.5. The molecule has 0 saturated carbocycles. The molecule has 2 aromatic carbocycles. The maximum atomic E-state index is 5.37. The minimum absolute atomic E-state index is 0.575. The van der Waals surface area contributed by atoms with E-state index in [1.54, 1.807) is 7.11 Å². The second-order valence-electron chi connectivity index (χ2n) is 6.28. The number of hydrogen-bond donors (Lipinski definition) is 1. The van der Waals surface area contributed by atoms with Crippen molar-refractivity contribution in [2.45, 2.75) is 18.8 Å². The third kappa shape index (κ3) is 2.67. The number of anilines is 1. The first-order valence-electron chi connectivity index (χ1n) is 8.30. The lowest BCUT2D eigenvalue weighted by molar-refractivity contribution is 0.414. The maximum absolute atomic E-state index is 5.37. The Bertz CT molecular complexity index is 808. The number of aromatic amines is 1. The van der Waals surface area contributed by atoms with E-state index in [0.717, 1.165) is 18.8 Å². The van der Waals surface area contributed by atoms with Gasteiger partial charge in [-0.25, -0.2) is 0 Å². The number of para-hydroxylation sites is 1. The topological polar surface area (TPSA) is 28.3 Å². The van der Waals surface area contributed by atoms with Crippen LogP contribution in [0.1, 0.15) is 24.3 Å². The van der Waals surface area contributed by atoms with E-state index in [0.29, 0.717) is 5.92 Å². The summed E-state index contributed by atoms with van der Waals surface area (Å²) in [6.07, 6.45) is 4.67. The van der Waals surface area contributed by atoms with Crippen LogP contribution in [0, 0.1) is 0 Å². The molecule has 1 atom stereocenters. The minimum Gasteiger partial charge on any atom is -0.497 e. The Labute approximate surface area is 136 Å². The number of ether oxygens (including phenoxy) is 1. The van der Waals surface area contributed by atoms with E-state index in [1.165, 1.54) is 35.0 Å². The highest BCUT2D eigenvalue weighted by Gasteiger charge is 2.23. The van der Waals surface area contributed by atoms with Crippen molar-refractivity contribution >= 4 is 16.6 Å². The average Bonchev–Trinajstić information content (AvgIpc) is 3.06. The molecule has 3 heteroatoms. The quantitative estimate of drug-likeness (QED) is 0.768. The highest BCUT2D eigenvalue weighted by molar-refractivity contribution is 5.83. The fourth-order valence-corrected chi connectivity index (χ4v) is 3.70. The summed E-state index contributed by atoms with van der Waals surface area (Å²) in [5, 5.41) is 1.37. The Morgan fingerprint density at radius 2 is 2.04 bits per heavy atom. The van der Waals surface area contributed by atoms with Crippen LogP contribution in [0.15, 0.2) is 54.7 Å². The van der Waals surface area contributed by atoms with E-state index >= 15 is 0 Å². The third-order valence-corrected chi connectivity index (χ3v) is 4.90. The van der Waals surface area contributed by atoms with Crippen LogP contribution < -0.4 is 9.64 Å². The molecule has 0 bridgehead atoms. The van der Waals surface area contributed by atoms with Crippen LogP contribution in [0.3, 0.4) is 0 Å². The van der Waals surface area contributed by atoms with Gasteiger partial charge in [-0.2, -0.15) is 0 Å². The van der Waals surface area contributed by atoms with Gasteiger partial charge >= 0.3 is 0 Å². The summed E-state index contributed by atoms with van der Waals surface area (Å²) in [6.45, 7) is 2.18. The second-order valence-corrected chi connectivity index (χ2v) is 6.28. The van der Waals surface area contributed by atoms with Crippen LogP contribution in [0.25, 0.3) is 10.9 Å². The number of hydrogen-bond acceptors (Lipinski definition) is 2. The monoisotopic (exact) mass is 306 g/mol. The summed E-state index contributed by atoms with van der Waals surface area (Å²) in [5.41, 5.74) is 3.95. The van der Waals surface area contributed by atoms with Gasteiger partial charge in [0.25, 0.3) is 0 Å². The van der Waals surface area contributed by atoms with Crippen LogP contribution in [0.4, 0.5) is 5.69 Å². The molecule has 3 aromatic rings. The van der Waals surface area contributed by atoms with Gasteiger partial charge in [-0.1, -0.05) is 24.3 Å². The molecule has 1 saturated heterocycles. The molecule has 3 nitrogen and oxygen atoms in total. The Balaban J connectivity index is 1.61. The highest BCUT2D eigenvalue weighted by Crippen LogP contribution is 2.34. The number of fused-ring (bicyclic) bond motifs is 1. The minimum atomic E-state index is 0.575. The van der Waals surface area contributed by atoms with Crippen LogP contribution >= 0.6 is 0 Å².